The van der Waals surface area contributed by atoms with Crippen molar-refractivity contribution in [2.45, 2.75) is 101 Å². The van der Waals surface area contributed by atoms with Gasteiger partial charge in [0, 0.05) is 88.0 Å². The molecular formula is C77H77F9N6O17. The highest BCUT2D eigenvalue weighted by atomic mass is 19.4. The first-order valence-corrected chi connectivity index (χ1v) is 34.7. The van der Waals surface area contributed by atoms with Gasteiger partial charge in [-0.1, -0.05) is 50.2 Å². The van der Waals surface area contributed by atoms with Crippen molar-refractivity contribution in [3.05, 3.63) is 161 Å². The molecule has 1 aliphatic carbocycles. The lowest BCUT2D eigenvalue weighted by molar-refractivity contribution is -0.138. The second kappa shape index (κ2) is 32.6. The molecule has 23 nitrogen and oxygen atoms in total. The summed E-state index contributed by atoms with van der Waals surface area (Å²) in [5, 5.41) is 36.2. The van der Waals surface area contributed by atoms with Gasteiger partial charge in [0.1, 0.15) is 28.5 Å². The number of hydrogen-bond acceptors (Lipinski definition) is 17. The number of methoxy groups -OCH3 is 2. The summed E-state index contributed by atoms with van der Waals surface area (Å²) in [6.07, 6.45) is -5.25. The summed E-state index contributed by atoms with van der Waals surface area (Å²) in [4.78, 5) is 79.9. The minimum atomic E-state index is -4.58. The number of amides is 6. The molecule has 580 valence electrons. The number of alkyl halides is 9. The van der Waals surface area contributed by atoms with Crippen molar-refractivity contribution in [3.8, 4) is 34.5 Å². The van der Waals surface area contributed by atoms with Gasteiger partial charge in [-0.15, -0.1) is 0 Å². The van der Waals surface area contributed by atoms with E-state index in [0.29, 0.717) is 118 Å². The standard InChI is InChI=1S/C26H27F3N2O7.C26H27F3N2O5.C25H23F3N2O5/c1-35-14-25(15-36-2)12-16(18-7-6-17(26(27,28)29)11-21(18)38-25)10-22(33)30-19-4-3-5-20-24(19)37-13-23(34)31(20)8-9-32;1-3-25(4-2)14-16(18-9-8-17(26(27,28)29)13-21(18)36-25)12-22(33)30-19-6-5-7-20-24(19)35-15-23(34)31(20)10-11-32;26-25(27,28)16-5-6-17-15(13-24(7-2-8-24)35-20(17)12-16)11-21(32)29-18-3-1-4-19-23(18)34-14-22(33)30(19)9-10-31/h3-7,10-11,32H,8-9,12-15H2,1-2H3,(H,30,33);5-9,12-13,32H,3-4,10-11,14-15H2,1-2H3,(H,30,33);1,3-6,11-12,31H,2,7-10,13-14H2,(H,29,32)/b16-10+;16-12+;15-11+. The van der Waals surface area contributed by atoms with E-state index in [1.165, 1.54) is 65.3 Å². The Morgan fingerprint density at radius 2 is 0.789 bits per heavy atom. The number of ether oxygens (including phenoxy) is 8. The van der Waals surface area contributed by atoms with Crippen molar-refractivity contribution in [1.82, 2.24) is 0 Å². The van der Waals surface area contributed by atoms with Crippen molar-refractivity contribution in [1.29, 1.82) is 0 Å². The predicted molar refractivity (Wildman–Crippen MR) is 380 cm³/mol. The number of nitrogens with one attached hydrogen (secondary N) is 3. The largest absolute Gasteiger partial charge is 0.486 e. The zero-order valence-corrected chi connectivity index (χ0v) is 59.4. The van der Waals surface area contributed by atoms with Crippen LogP contribution < -0.4 is 59.1 Å². The van der Waals surface area contributed by atoms with Crippen LogP contribution in [0.3, 0.4) is 0 Å². The molecule has 6 N–H and O–H groups in total. The Morgan fingerprint density at radius 1 is 0.468 bits per heavy atom. The molecule has 0 unspecified atom stereocenters. The summed E-state index contributed by atoms with van der Waals surface area (Å²) in [6, 6.07) is 24.4. The number of carbonyl (C=O) groups excluding carboxylic acids is 6. The van der Waals surface area contributed by atoms with E-state index < -0.39 is 69.7 Å². The van der Waals surface area contributed by atoms with Gasteiger partial charge in [0.25, 0.3) is 17.7 Å². The molecule has 6 aromatic rings. The van der Waals surface area contributed by atoms with Gasteiger partial charge >= 0.3 is 18.5 Å². The van der Waals surface area contributed by atoms with E-state index in [0.717, 1.165) is 42.8 Å². The number of nitrogens with zero attached hydrogens (tertiary/aromatic N) is 3. The maximum atomic E-state index is 13.4. The van der Waals surface area contributed by atoms with Crippen LogP contribution in [0.15, 0.2) is 127 Å². The van der Waals surface area contributed by atoms with Crippen LogP contribution in [0.2, 0.25) is 0 Å². The number of para-hydroxylation sites is 3. The number of benzene rings is 6. The number of fused-ring (bicyclic) bond motifs is 6. The summed E-state index contributed by atoms with van der Waals surface area (Å²) in [5.41, 5.74) is 0.0532. The third-order valence-corrected chi connectivity index (χ3v) is 19.3. The van der Waals surface area contributed by atoms with E-state index in [1.54, 1.807) is 54.6 Å². The quantitative estimate of drug-likeness (QED) is 0.0344. The van der Waals surface area contributed by atoms with Gasteiger partial charge in [0.15, 0.2) is 42.7 Å². The molecule has 1 spiro atoms. The summed E-state index contributed by atoms with van der Waals surface area (Å²) in [6.45, 7) is 2.61. The topological polar surface area (TPSA) is 283 Å². The first-order valence-electron chi connectivity index (χ1n) is 34.7. The van der Waals surface area contributed by atoms with Gasteiger partial charge < -0.3 is 83.9 Å². The SMILES string of the molecule is CCC1(CC)C/C(=C\C(=O)Nc2cccc3c2OCC(=O)N3CCO)c2ccc(C(F)(F)F)cc2O1.COCC1(COC)C/C(=C\C(=O)Nc2cccc3c2OCC(=O)N3CCO)c2ccc(C(F)(F)F)cc2O1.O=C(/C=C1\CC2(CCC2)Oc2cc(C(F)(F)F)ccc21)Nc1cccc2c1OCC(=O)N2CCO. The minimum absolute atomic E-state index is 0.00420. The monoisotopic (exact) mass is 1530 g/mol. The average molecular weight is 1530 g/mol. The number of halogens is 9. The lowest BCUT2D eigenvalue weighted by Crippen LogP contribution is -2.47. The molecule has 7 aliphatic rings. The molecule has 109 heavy (non-hydrogen) atoms. The van der Waals surface area contributed by atoms with Gasteiger partial charge in [-0.3, -0.25) is 28.8 Å². The number of aliphatic hydroxyl groups excluding tert-OH is 3. The molecule has 1 fully saturated rings. The van der Waals surface area contributed by atoms with Crippen LogP contribution in [0.1, 0.15) is 98.6 Å². The highest BCUT2D eigenvalue weighted by molar-refractivity contribution is 6.10. The maximum absolute atomic E-state index is 13.4. The summed E-state index contributed by atoms with van der Waals surface area (Å²) >= 11 is 0. The number of hydrogen-bond donors (Lipinski definition) is 6. The Bertz CT molecular complexity index is 4560. The van der Waals surface area contributed by atoms with Gasteiger partial charge in [-0.05, 0) is 122 Å². The third-order valence-electron chi connectivity index (χ3n) is 19.3. The van der Waals surface area contributed by atoms with Crippen LogP contribution in [0, 0.1) is 0 Å². The molecule has 6 amide bonds. The van der Waals surface area contributed by atoms with Crippen molar-refractivity contribution >= 4 is 86.3 Å². The van der Waals surface area contributed by atoms with Crippen LogP contribution in [0.25, 0.3) is 16.7 Å². The second-order valence-corrected chi connectivity index (χ2v) is 26.5. The molecule has 0 atom stereocenters. The van der Waals surface area contributed by atoms with Crippen LogP contribution in [-0.2, 0) is 56.8 Å². The molecule has 32 heteroatoms. The van der Waals surface area contributed by atoms with Gasteiger partial charge in [-0.2, -0.15) is 39.5 Å². The zero-order valence-electron chi connectivity index (χ0n) is 59.4. The van der Waals surface area contributed by atoms with Crippen LogP contribution in [0.5, 0.6) is 34.5 Å². The Balaban J connectivity index is 0.000000163. The first-order chi connectivity index (χ1) is 51.9. The Morgan fingerprint density at radius 3 is 1.09 bits per heavy atom. The summed E-state index contributed by atoms with van der Waals surface area (Å²) in [7, 11) is 2.86. The summed E-state index contributed by atoms with van der Waals surface area (Å²) in [5.74, 6) is -1.44. The molecule has 6 aliphatic heterocycles. The van der Waals surface area contributed by atoms with Crippen LogP contribution in [0.4, 0.5) is 73.6 Å². The Labute approximate surface area is 618 Å². The summed E-state index contributed by atoms with van der Waals surface area (Å²) < 4.78 is 165. The molecule has 0 radical (unpaired) electrons. The molecule has 6 aromatic carbocycles. The number of rotatable bonds is 18. The molecule has 0 aromatic heterocycles. The lowest BCUT2D eigenvalue weighted by Gasteiger charge is -2.46. The fourth-order valence-electron chi connectivity index (χ4n) is 13.9. The number of carbonyl (C=O) groups is 6. The molecule has 1 saturated carbocycles. The lowest BCUT2D eigenvalue weighted by atomic mass is 9.72. The maximum Gasteiger partial charge on any atom is 0.416 e. The highest BCUT2D eigenvalue weighted by Gasteiger charge is 2.47. The number of β-amino-alcohol motifs (C(OH)–C–C–N with tert-alkyl or cyclic N) is 3. The highest BCUT2D eigenvalue weighted by Crippen LogP contribution is 2.52. The van der Waals surface area contributed by atoms with Gasteiger partial charge in [0.2, 0.25) is 17.7 Å². The first kappa shape index (κ1) is 79.4. The van der Waals surface area contributed by atoms with Crippen LogP contribution >= 0.6 is 0 Å². The normalized spacial score (nSPS) is 18.1. The molecule has 6 heterocycles. The van der Waals surface area contributed by atoms with Crippen molar-refractivity contribution in [2.24, 2.45) is 0 Å². The van der Waals surface area contributed by atoms with Gasteiger partial charge in [-0.25, -0.2) is 0 Å². The molecule has 0 saturated heterocycles. The van der Waals surface area contributed by atoms with Crippen LogP contribution in [-0.4, -0.2) is 154 Å². The molecule has 13 rings (SSSR count). The van der Waals surface area contributed by atoms with E-state index in [9.17, 15) is 83.6 Å². The van der Waals surface area contributed by atoms with E-state index in [-0.39, 0.29) is 120 Å². The fourth-order valence-corrected chi connectivity index (χ4v) is 13.9. The predicted octanol–water partition coefficient (Wildman–Crippen LogP) is 12.2. The van der Waals surface area contributed by atoms with E-state index in [2.05, 4.69) is 16.0 Å². The second-order valence-electron chi connectivity index (χ2n) is 26.5. The average Bonchev–Trinajstić information content (AvgIpc) is 0.750. The van der Waals surface area contributed by atoms with E-state index >= 15 is 0 Å². The van der Waals surface area contributed by atoms with Crippen molar-refractivity contribution in [2.75, 3.05) is 117 Å². The zero-order chi connectivity index (χ0) is 78.4. The molecule has 0 bridgehead atoms. The number of aliphatic hydroxyl groups is 3. The van der Waals surface area contributed by atoms with E-state index in [1.807, 2.05) is 13.8 Å². The third kappa shape index (κ3) is 17.6. The minimum Gasteiger partial charge on any atom is -0.486 e. The number of anilines is 6. The van der Waals surface area contributed by atoms with Crippen molar-refractivity contribution < 1.29 is 121 Å². The Hall–Kier alpha value is -10.7. The Kier molecular flexibility index (Phi) is 23.8. The smallest absolute Gasteiger partial charge is 0.416 e. The van der Waals surface area contributed by atoms with Crippen molar-refractivity contribution in [3.63, 3.8) is 0 Å². The fraction of sp³-hybridized carbons (Fsp3) is 0.377. The van der Waals surface area contributed by atoms with E-state index in [4.69, 9.17) is 37.9 Å². The van der Waals surface area contributed by atoms with Gasteiger partial charge in [0.05, 0.1) is 83.8 Å². The molecular weight excluding hydrogens is 1450 g/mol.